The van der Waals surface area contributed by atoms with Gasteiger partial charge in [-0.15, -0.1) is 0 Å². The molecule has 2 N–H and O–H groups in total. The van der Waals surface area contributed by atoms with E-state index in [0.717, 1.165) is 62.5 Å². The highest BCUT2D eigenvalue weighted by Crippen LogP contribution is 2.34. The van der Waals surface area contributed by atoms with E-state index in [4.69, 9.17) is 4.42 Å². The largest absolute Gasteiger partial charge is 0.444 e. The second-order valence-corrected chi connectivity index (χ2v) is 17.6. The van der Waals surface area contributed by atoms with Crippen LogP contribution in [0.2, 0.25) is 0 Å². The predicted molar refractivity (Wildman–Crippen MR) is 243 cm³/mol. The number of fused-ring (bicyclic) bond motifs is 1. The molecule has 67 heavy (non-hydrogen) atoms. The molecule has 0 radical (unpaired) electrons. The molecule has 0 bridgehead atoms. The maximum Gasteiger partial charge on any atom is 0.329 e. The monoisotopic (exact) mass is 912 g/mol. The molecule has 2 saturated heterocycles. The Kier molecular flexibility index (Phi) is 12.9. The number of nitrogens with zero attached hydrogens (tertiary/aromatic N) is 8. The van der Waals surface area contributed by atoms with Gasteiger partial charge in [-0.05, 0) is 112 Å². The molecule has 6 heterocycles. The van der Waals surface area contributed by atoms with Gasteiger partial charge in [0.05, 0.1) is 28.6 Å². The number of amides is 4. The number of halogens is 2. The summed E-state index contributed by atoms with van der Waals surface area (Å²) in [6.45, 7) is 3.14. The third-order valence-corrected chi connectivity index (χ3v) is 12.9. The third kappa shape index (κ3) is 10.1. The summed E-state index contributed by atoms with van der Waals surface area (Å²) < 4.78 is 38.1. The van der Waals surface area contributed by atoms with Gasteiger partial charge < -0.3 is 19.5 Å². The van der Waals surface area contributed by atoms with Crippen LogP contribution in [-0.2, 0) is 23.1 Å². The van der Waals surface area contributed by atoms with Crippen molar-refractivity contribution in [3.05, 3.63) is 112 Å². The number of rotatable bonds is 14. The number of hydrogen-bond acceptors (Lipinski definition) is 10. The molecule has 2 aromatic carbocycles. The van der Waals surface area contributed by atoms with Crippen molar-refractivity contribution in [3.8, 4) is 29.0 Å². The van der Waals surface area contributed by atoms with Crippen molar-refractivity contribution in [3.63, 3.8) is 0 Å². The van der Waals surface area contributed by atoms with E-state index < -0.39 is 30.0 Å². The quantitative estimate of drug-likeness (QED) is 0.0928. The molecule has 3 aliphatic rings. The number of anilines is 1. The Morgan fingerprint density at radius 1 is 0.985 bits per heavy atom. The summed E-state index contributed by atoms with van der Waals surface area (Å²) in [5.41, 5.74) is 3.28. The fourth-order valence-electron chi connectivity index (χ4n) is 8.87. The molecule has 2 aliphatic heterocycles. The van der Waals surface area contributed by atoms with E-state index in [9.17, 15) is 32.8 Å². The SMILES string of the molecule is CN(CC1CCN(CCC#Cc2ccc3c(c2)n(C)c(=O)n3C2CCC(=O)NC2=O)CC1)C(=O)c1ccc(-n2cc(NC(=O)c3coc(-c4ccnc(CCC5CC5)c4)n3)c(C(F)F)n2)cc1. The zero-order valence-electron chi connectivity index (χ0n) is 37.2. The van der Waals surface area contributed by atoms with Crippen LogP contribution in [0, 0.1) is 23.7 Å². The maximum absolute atomic E-state index is 14.2. The highest BCUT2D eigenvalue weighted by atomic mass is 19.3. The van der Waals surface area contributed by atoms with E-state index in [2.05, 4.69) is 42.4 Å². The fourth-order valence-corrected chi connectivity index (χ4v) is 8.87. The smallest absolute Gasteiger partial charge is 0.329 e. The second-order valence-electron chi connectivity index (χ2n) is 17.6. The normalized spacial score (nSPS) is 16.8. The first kappa shape index (κ1) is 44.9. The van der Waals surface area contributed by atoms with Gasteiger partial charge in [-0.2, -0.15) is 5.10 Å². The van der Waals surface area contributed by atoms with Crippen molar-refractivity contribution >= 4 is 40.3 Å². The molecule has 0 spiro atoms. The molecule has 3 fully saturated rings. The van der Waals surface area contributed by atoms with Gasteiger partial charge in [0.1, 0.15) is 12.3 Å². The average Bonchev–Trinajstić information content (AvgIpc) is 3.74. The van der Waals surface area contributed by atoms with Gasteiger partial charge >= 0.3 is 5.69 Å². The first-order valence-electron chi connectivity index (χ1n) is 22.6. The molecule has 346 valence electrons. The number of oxazole rings is 1. The molecule has 9 rings (SSSR count). The molecule has 6 aromatic rings. The first-order chi connectivity index (χ1) is 32.4. The van der Waals surface area contributed by atoms with Crippen LogP contribution >= 0.6 is 0 Å². The van der Waals surface area contributed by atoms with Gasteiger partial charge in [-0.3, -0.25) is 38.6 Å². The molecular formula is C49H50F2N10O6. The van der Waals surface area contributed by atoms with Crippen LogP contribution in [0.3, 0.4) is 0 Å². The number of piperidine rings is 2. The van der Waals surface area contributed by atoms with E-state index in [-0.39, 0.29) is 47.6 Å². The number of imidazole rings is 1. The van der Waals surface area contributed by atoms with Gasteiger partial charge in [-0.25, -0.2) is 23.2 Å². The maximum atomic E-state index is 14.2. The number of hydrogen-bond donors (Lipinski definition) is 2. The summed E-state index contributed by atoms with van der Waals surface area (Å²) in [5, 5.41) is 8.89. The number of imide groups is 1. The van der Waals surface area contributed by atoms with Gasteiger partial charge in [0, 0.05) is 68.6 Å². The van der Waals surface area contributed by atoms with E-state index in [1.54, 1.807) is 61.6 Å². The number of carbonyl (C=O) groups is 4. The van der Waals surface area contributed by atoms with Crippen LogP contribution in [0.25, 0.3) is 28.2 Å². The van der Waals surface area contributed by atoms with Crippen molar-refractivity contribution in [2.45, 2.75) is 70.3 Å². The third-order valence-electron chi connectivity index (χ3n) is 12.9. The minimum atomic E-state index is -2.98. The topological polar surface area (TPSA) is 182 Å². The lowest BCUT2D eigenvalue weighted by Gasteiger charge is -2.33. The minimum absolute atomic E-state index is 0.0788. The lowest BCUT2D eigenvalue weighted by molar-refractivity contribution is -0.135. The summed E-state index contributed by atoms with van der Waals surface area (Å²) in [4.78, 5) is 76.7. The van der Waals surface area contributed by atoms with Gasteiger partial charge in [-0.1, -0.05) is 24.7 Å². The van der Waals surface area contributed by atoms with Crippen LogP contribution in [0.15, 0.2) is 82.5 Å². The summed E-state index contributed by atoms with van der Waals surface area (Å²) in [6.07, 6.45) is 8.56. The zero-order chi connectivity index (χ0) is 46.8. The van der Waals surface area contributed by atoms with Gasteiger partial charge in [0.15, 0.2) is 11.4 Å². The number of carbonyl (C=O) groups excluding carboxylic acids is 4. The Balaban J connectivity index is 0.744. The van der Waals surface area contributed by atoms with E-state index in [1.807, 2.05) is 18.2 Å². The highest BCUT2D eigenvalue weighted by molar-refractivity contribution is 6.03. The van der Waals surface area contributed by atoms with Gasteiger partial charge in [0.25, 0.3) is 18.2 Å². The predicted octanol–water partition coefficient (Wildman–Crippen LogP) is 6.31. The number of aryl methyl sites for hydroxylation is 2. The Morgan fingerprint density at radius 2 is 1.78 bits per heavy atom. The first-order valence-corrected chi connectivity index (χ1v) is 22.6. The van der Waals surface area contributed by atoms with Crippen molar-refractivity contribution in [2.24, 2.45) is 18.9 Å². The summed E-state index contributed by atoms with van der Waals surface area (Å²) in [5.74, 6) is 6.06. The van der Waals surface area contributed by atoms with Crippen molar-refractivity contribution in [1.82, 2.24) is 44.0 Å². The fraction of sp³-hybridized carbons (Fsp3) is 0.388. The number of likely N-dealkylation sites (tertiary alicyclic amines) is 1. The summed E-state index contributed by atoms with van der Waals surface area (Å²) in [7, 11) is 3.43. The molecule has 4 aromatic heterocycles. The highest BCUT2D eigenvalue weighted by Gasteiger charge is 2.31. The zero-order valence-corrected chi connectivity index (χ0v) is 37.2. The Morgan fingerprint density at radius 3 is 2.52 bits per heavy atom. The van der Waals surface area contributed by atoms with E-state index >= 15 is 0 Å². The minimum Gasteiger partial charge on any atom is -0.444 e. The molecule has 1 unspecified atom stereocenters. The van der Waals surface area contributed by atoms with Gasteiger partial charge in [0.2, 0.25) is 17.7 Å². The van der Waals surface area contributed by atoms with E-state index in [1.165, 1.54) is 39.1 Å². The Hall–Kier alpha value is -7.26. The number of benzene rings is 2. The van der Waals surface area contributed by atoms with Crippen LogP contribution in [-0.4, -0.2) is 95.5 Å². The molecule has 1 saturated carbocycles. The molecule has 1 aliphatic carbocycles. The van der Waals surface area contributed by atoms with Crippen LogP contribution in [0.5, 0.6) is 0 Å². The average molecular weight is 913 g/mol. The Labute approximate surface area is 384 Å². The summed E-state index contributed by atoms with van der Waals surface area (Å²) in [6, 6.07) is 14.9. The summed E-state index contributed by atoms with van der Waals surface area (Å²) >= 11 is 0. The van der Waals surface area contributed by atoms with E-state index in [0.29, 0.717) is 46.7 Å². The van der Waals surface area contributed by atoms with Crippen LogP contribution in [0.1, 0.15) is 102 Å². The second kappa shape index (κ2) is 19.3. The number of pyridine rings is 1. The molecule has 18 heteroatoms. The van der Waals surface area contributed by atoms with Crippen LogP contribution in [0.4, 0.5) is 14.5 Å². The van der Waals surface area contributed by atoms with Crippen molar-refractivity contribution in [1.29, 1.82) is 0 Å². The number of nitrogens with one attached hydrogen (secondary N) is 2. The van der Waals surface area contributed by atoms with Crippen molar-refractivity contribution < 1.29 is 32.4 Å². The van der Waals surface area contributed by atoms with Crippen molar-refractivity contribution in [2.75, 3.05) is 38.5 Å². The lowest BCUT2D eigenvalue weighted by Crippen LogP contribution is -2.44. The molecule has 4 amide bonds. The number of alkyl halides is 2. The number of aromatic nitrogens is 6. The standard InChI is InChI=1S/C49H50F2N10O6/c1-57(27-32-19-23-59(24-20-32)22-4-3-5-31-9-15-39-41(25-31)58(2)49(66)61(39)40-16-17-42(62)55-46(40)64)48(65)33-10-13-36(14-11-33)60-28-37(43(56-60)44(50)51)53-45(63)38-29-67-47(54-38)34-18-21-52-35(26-34)12-8-30-6-7-30/h9-11,13-15,18,21,25-26,28-30,32,40,44H,4,6-8,12,16-17,19-20,22-24,27H2,1-2H3,(H,53,63)(H,55,62,64). The Bertz CT molecular complexity index is 2970. The molecule has 1 atom stereocenters. The van der Waals surface area contributed by atoms with Crippen LogP contribution < -0.4 is 16.3 Å². The molecule has 16 nitrogen and oxygen atoms in total. The molecular weight excluding hydrogens is 863 g/mol. The lowest BCUT2D eigenvalue weighted by atomic mass is 9.96.